The molecule has 0 radical (unpaired) electrons. The average molecular weight is 1570 g/mol. The minimum Gasteiger partial charge on any atom is -0.450 e. The third-order valence-electron chi connectivity index (χ3n) is 13.5. The summed E-state index contributed by atoms with van der Waals surface area (Å²) < 4.78 is 18.7. The Balaban J connectivity index is 0.000000206. The number of nitrogens with one attached hydrogen (secondary N) is 4. The number of carbonyl (C=O) groups is 3. The number of nitrogens with zero attached hydrogens (tertiary/aromatic N) is 4. The zero-order chi connectivity index (χ0) is 53.3. The Kier molecular flexibility index (Phi) is 25.9. The second-order valence-electron chi connectivity index (χ2n) is 18.7. The number of halogens is 5. The first-order valence-electron chi connectivity index (χ1n) is 25.0. The molecule has 3 aliphatic rings. The summed E-state index contributed by atoms with van der Waals surface area (Å²) in [7, 11) is 0. The number of aliphatic hydroxyl groups is 1. The van der Waals surface area contributed by atoms with Crippen LogP contribution >= 0.6 is 109 Å². The highest BCUT2D eigenvalue weighted by molar-refractivity contribution is 14.2. The quantitative estimate of drug-likeness (QED) is 0.0629. The predicted molar refractivity (Wildman–Crippen MR) is 335 cm³/mol. The smallest absolute Gasteiger partial charge is 0.287 e. The fourth-order valence-electron chi connectivity index (χ4n) is 9.52. The van der Waals surface area contributed by atoms with Gasteiger partial charge in [-0.05, 0) is 108 Å². The number of H-pyrrole nitrogens is 1. The minimum atomic E-state index is -0.902. The Bertz CT molecular complexity index is 3330. The number of hydrogen-bond acceptors (Lipinski definition) is 14. The van der Waals surface area contributed by atoms with Crippen molar-refractivity contribution in [3.63, 3.8) is 0 Å². The second kappa shape index (κ2) is 31.4. The van der Waals surface area contributed by atoms with Gasteiger partial charge in [-0.25, -0.2) is 0 Å². The van der Waals surface area contributed by atoms with Crippen LogP contribution in [-0.4, -0.2) is 71.1 Å². The molecule has 3 saturated carbocycles. The standard InChI is InChI=1S/C18H19N5O4.C18H18N2O3.C17H18BrNO3.CH2I2.2HI/c24-13-9-14(17(25)19-10-18(26)7-2-1-3-8-18)27-15-11(13)5-4-6-12(15)16-20-22-23-21-16;19-10-13-7-4-8-14-15(21)9-16(23-17(13)14)18(22)20-11-12-5-2-1-3-6-12;18-13-8-4-7-12-14(20)9-15(22-16(12)13)17(21)19-10-11-5-2-1-3-6-11;2-1-3;;/h4-6,9,26H,1-3,7-8,10H2,(H,19,25)(H,20,21,22,23);4,7-9,12H,1-3,5-6,11H2,(H,20,22);4,7-9,11H,1-3,5-6,10H2,(H,19,21);1H2;2*1H. The summed E-state index contributed by atoms with van der Waals surface area (Å²) in [6, 6.07) is 20.6. The molecular weight excluding hydrogens is 1510 g/mol. The molecule has 0 aliphatic heterocycles. The molecule has 5 N–H and O–H groups in total. The molecule has 3 amide bonds. The minimum absolute atomic E-state index is 0. The fourth-order valence-corrected chi connectivity index (χ4v) is 9.97. The van der Waals surface area contributed by atoms with Crippen LogP contribution in [0, 0.1) is 23.2 Å². The van der Waals surface area contributed by atoms with Crippen LogP contribution in [0.2, 0.25) is 0 Å². The van der Waals surface area contributed by atoms with Gasteiger partial charge in [0.05, 0.1) is 39.8 Å². The van der Waals surface area contributed by atoms with E-state index in [9.17, 15) is 33.9 Å². The lowest BCUT2D eigenvalue weighted by Gasteiger charge is -2.31. The van der Waals surface area contributed by atoms with E-state index in [4.69, 9.17) is 18.5 Å². The van der Waals surface area contributed by atoms with E-state index in [1.54, 1.807) is 54.6 Å². The molecule has 7 aromatic rings. The van der Waals surface area contributed by atoms with E-state index < -0.39 is 17.4 Å². The Labute approximate surface area is 513 Å². The van der Waals surface area contributed by atoms with Crippen molar-refractivity contribution in [2.75, 3.05) is 22.1 Å². The third kappa shape index (κ3) is 17.6. The molecule has 3 aromatic carbocycles. The molecular formula is C54H59BrI4N8O10. The Morgan fingerprint density at radius 2 is 1.10 bits per heavy atom. The van der Waals surface area contributed by atoms with Gasteiger partial charge in [-0.2, -0.15) is 10.5 Å². The normalized spacial score (nSPS) is 15.1. The Hall–Kier alpha value is -4.38. The van der Waals surface area contributed by atoms with Crippen LogP contribution in [0.15, 0.2) is 105 Å². The van der Waals surface area contributed by atoms with Crippen molar-refractivity contribution in [3.8, 4) is 17.5 Å². The molecule has 3 fully saturated rings. The summed E-state index contributed by atoms with van der Waals surface area (Å²) in [6.45, 7) is 1.37. The van der Waals surface area contributed by atoms with E-state index in [1.807, 2.05) is 6.07 Å². The first kappa shape index (κ1) is 63.5. The van der Waals surface area contributed by atoms with Crippen molar-refractivity contribution in [1.82, 2.24) is 36.6 Å². The zero-order valence-electron chi connectivity index (χ0n) is 41.9. The lowest BCUT2D eigenvalue weighted by molar-refractivity contribution is 0.00502. The van der Waals surface area contributed by atoms with Gasteiger partial charge in [-0.15, -0.1) is 58.2 Å². The summed E-state index contributed by atoms with van der Waals surface area (Å²) >= 11 is 7.90. The lowest BCUT2D eigenvalue weighted by atomic mass is 9.85. The van der Waals surface area contributed by atoms with Gasteiger partial charge in [0.15, 0.2) is 44.7 Å². The van der Waals surface area contributed by atoms with Crippen molar-refractivity contribution >= 4 is 160 Å². The molecule has 4 aromatic heterocycles. The number of tetrazole rings is 1. The van der Waals surface area contributed by atoms with Crippen molar-refractivity contribution in [1.29, 1.82) is 5.26 Å². The fraction of sp³-hybridized carbons (Fsp3) is 0.407. The lowest BCUT2D eigenvalue weighted by Crippen LogP contribution is -2.44. The first-order chi connectivity index (χ1) is 36.3. The van der Waals surface area contributed by atoms with Crippen LogP contribution in [0.1, 0.15) is 134 Å². The number of aromatic nitrogens is 4. The molecule has 0 spiro atoms. The van der Waals surface area contributed by atoms with Gasteiger partial charge in [-0.1, -0.05) is 121 Å². The van der Waals surface area contributed by atoms with Gasteiger partial charge < -0.3 is 34.3 Å². The van der Waals surface area contributed by atoms with Gasteiger partial charge in [0, 0.05) is 37.8 Å². The number of hydrogen-bond donors (Lipinski definition) is 5. The Morgan fingerprint density at radius 1 is 0.662 bits per heavy atom. The number of nitriles is 1. The number of benzene rings is 3. The summed E-state index contributed by atoms with van der Waals surface area (Å²) in [5.74, 6) is -0.0633. The van der Waals surface area contributed by atoms with Gasteiger partial charge in [-0.3, -0.25) is 28.8 Å². The maximum atomic E-state index is 12.5. The number of para-hydroxylation sites is 3. The molecule has 0 unspecified atom stereocenters. The molecule has 0 saturated heterocycles. The molecule has 77 heavy (non-hydrogen) atoms. The maximum Gasteiger partial charge on any atom is 0.287 e. The number of rotatable bonds is 10. The number of amides is 3. The molecule has 410 valence electrons. The van der Waals surface area contributed by atoms with E-state index in [2.05, 4.69) is 97.7 Å². The number of alkyl halides is 2. The highest BCUT2D eigenvalue weighted by atomic mass is 127. The van der Waals surface area contributed by atoms with Crippen LogP contribution in [-0.2, 0) is 0 Å². The predicted octanol–water partition coefficient (Wildman–Crippen LogP) is 11.3. The molecule has 0 bridgehead atoms. The molecule has 23 heteroatoms. The summed E-state index contributed by atoms with van der Waals surface area (Å²) in [5.41, 5.74) is -0.253. The first-order valence-corrected chi connectivity index (χ1v) is 28.8. The van der Waals surface area contributed by atoms with E-state index in [0.717, 1.165) is 51.0 Å². The van der Waals surface area contributed by atoms with E-state index in [1.165, 1.54) is 53.1 Å². The second-order valence-corrected chi connectivity index (χ2v) is 24.0. The van der Waals surface area contributed by atoms with Crippen molar-refractivity contribution < 1.29 is 32.7 Å². The monoisotopic (exact) mass is 1570 g/mol. The molecule has 0 atom stereocenters. The number of aromatic amines is 1. The van der Waals surface area contributed by atoms with Crippen molar-refractivity contribution in [3.05, 3.63) is 131 Å². The van der Waals surface area contributed by atoms with Crippen molar-refractivity contribution in [2.45, 2.75) is 102 Å². The Morgan fingerprint density at radius 3 is 1.61 bits per heavy atom. The zero-order valence-corrected chi connectivity index (χ0v) is 52.4. The van der Waals surface area contributed by atoms with E-state index in [-0.39, 0.29) is 117 Å². The van der Waals surface area contributed by atoms with Gasteiger partial charge in [0.25, 0.3) is 17.7 Å². The highest BCUT2D eigenvalue weighted by Crippen LogP contribution is 2.29. The molecule has 10 rings (SSSR count). The SMILES string of the molecule is I.I.ICI.N#Cc1cccc2c(=O)cc(C(=O)NCC3CCCCC3)oc12.O=C(NCC1(O)CCCCC1)c1cc(=O)c2cccc(-c3nn[nH]n3)c2o1.O=C(NCC1CCCCC1)c1cc(=O)c2cccc(Br)c2o1. The summed E-state index contributed by atoms with van der Waals surface area (Å²) in [5, 5.41) is 42.8. The van der Waals surface area contributed by atoms with Gasteiger partial charge in [0.1, 0.15) is 11.7 Å². The highest BCUT2D eigenvalue weighted by Gasteiger charge is 2.30. The van der Waals surface area contributed by atoms with E-state index >= 15 is 0 Å². The van der Waals surface area contributed by atoms with Crippen LogP contribution in [0.5, 0.6) is 0 Å². The molecule has 3 aliphatic carbocycles. The van der Waals surface area contributed by atoms with Crippen LogP contribution in [0.3, 0.4) is 0 Å². The number of fused-ring (bicyclic) bond motifs is 3. The van der Waals surface area contributed by atoms with Crippen LogP contribution in [0.25, 0.3) is 44.3 Å². The summed E-state index contributed by atoms with van der Waals surface area (Å²) in [4.78, 5) is 73.7. The van der Waals surface area contributed by atoms with Crippen molar-refractivity contribution in [2.24, 2.45) is 11.8 Å². The van der Waals surface area contributed by atoms with Crippen LogP contribution in [0.4, 0.5) is 0 Å². The average Bonchev–Trinajstić information content (AvgIpc) is 3.98. The largest absolute Gasteiger partial charge is 0.450 e. The van der Waals surface area contributed by atoms with Crippen LogP contribution < -0.4 is 32.2 Å². The van der Waals surface area contributed by atoms with Gasteiger partial charge in [0.2, 0.25) is 5.82 Å². The van der Waals surface area contributed by atoms with E-state index in [0.29, 0.717) is 69.5 Å². The molecule has 18 nitrogen and oxygen atoms in total. The summed E-state index contributed by atoms with van der Waals surface area (Å²) in [6.07, 6.45) is 16.3. The topological polar surface area (TPSA) is 276 Å². The van der Waals surface area contributed by atoms with Gasteiger partial charge >= 0.3 is 0 Å². The maximum absolute atomic E-state index is 12.5. The number of carbonyl (C=O) groups excluding carboxylic acids is 3. The third-order valence-corrected chi connectivity index (χ3v) is 14.1. The molecule has 4 heterocycles.